The minimum absolute atomic E-state index is 0.275. The summed E-state index contributed by atoms with van der Waals surface area (Å²) in [7, 11) is 0. The van der Waals surface area contributed by atoms with Gasteiger partial charge >= 0.3 is 0 Å². The van der Waals surface area contributed by atoms with Gasteiger partial charge in [0.05, 0.1) is 0 Å². The summed E-state index contributed by atoms with van der Waals surface area (Å²) in [6, 6.07) is 8.49. The van der Waals surface area contributed by atoms with Gasteiger partial charge in [-0.3, -0.25) is 0 Å². The van der Waals surface area contributed by atoms with E-state index in [4.69, 9.17) is 5.11 Å². The molecule has 0 saturated carbocycles. The highest BCUT2D eigenvalue weighted by Crippen LogP contribution is 2.04. The first kappa shape index (κ1) is 12.2. The van der Waals surface area contributed by atoms with Crippen LogP contribution in [-0.4, -0.2) is 18.3 Å². The third-order valence-corrected chi connectivity index (χ3v) is 2.68. The molecule has 0 radical (unpaired) electrons. The molecular formula is C13H21NO. The summed E-state index contributed by atoms with van der Waals surface area (Å²) in [6.07, 6.45) is 1.03. The molecule has 2 N–H and O–H groups in total. The number of hydrogen-bond donors (Lipinski definition) is 2. The van der Waals surface area contributed by atoms with E-state index < -0.39 is 0 Å². The number of aryl methyl sites for hydroxylation is 1. The molecule has 1 atom stereocenters. The van der Waals surface area contributed by atoms with E-state index in [0.29, 0.717) is 5.92 Å². The Balaban J connectivity index is 2.31. The lowest BCUT2D eigenvalue weighted by atomic mass is 10.1. The molecule has 0 saturated heterocycles. The fourth-order valence-electron chi connectivity index (χ4n) is 1.58. The van der Waals surface area contributed by atoms with Crippen molar-refractivity contribution in [2.24, 2.45) is 5.92 Å². The van der Waals surface area contributed by atoms with Crippen LogP contribution >= 0.6 is 0 Å². The molecule has 1 aromatic carbocycles. The van der Waals surface area contributed by atoms with Crippen molar-refractivity contribution < 1.29 is 5.11 Å². The van der Waals surface area contributed by atoms with E-state index in [1.54, 1.807) is 0 Å². The fraction of sp³-hybridized carbons (Fsp3) is 0.538. The molecular weight excluding hydrogens is 186 g/mol. The monoisotopic (exact) mass is 207 g/mol. The van der Waals surface area contributed by atoms with Gasteiger partial charge in [0.1, 0.15) is 0 Å². The Bertz CT molecular complexity index is 282. The SMILES string of the molecule is CCC(CO)CNCc1cccc(C)c1. The molecule has 1 unspecified atom stereocenters. The van der Waals surface area contributed by atoms with E-state index in [9.17, 15) is 0 Å². The van der Waals surface area contributed by atoms with E-state index in [-0.39, 0.29) is 6.61 Å². The van der Waals surface area contributed by atoms with Gasteiger partial charge in [-0.05, 0) is 24.8 Å². The Morgan fingerprint density at radius 1 is 1.40 bits per heavy atom. The molecule has 15 heavy (non-hydrogen) atoms. The van der Waals surface area contributed by atoms with Crippen LogP contribution in [0.4, 0.5) is 0 Å². The van der Waals surface area contributed by atoms with Crippen molar-refractivity contribution in [3.05, 3.63) is 35.4 Å². The van der Waals surface area contributed by atoms with Crippen molar-refractivity contribution in [3.63, 3.8) is 0 Å². The van der Waals surface area contributed by atoms with Gasteiger partial charge < -0.3 is 10.4 Å². The number of hydrogen-bond acceptors (Lipinski definition) is 2. The van der Waals surface area contributed by atoms with Crippen LogP contribution in [0.3, 0.4) is 0 Å². The number of aliphatic hydroxyl groups is 1. The minimum atomic E-state index is 0.275. The quantitative estimate of drug-likeness (QED) is 0.748. The molecule has 0 amide bonds. The van der Waals surface area contributed by atoms with Crippen molar-refractivity contribution in [3.8, 4) is 0 Å². The summed E-state index contributed by atoms with van der Waals surface area (Å²) in [4.78, 5) is 0. The number of rotatable bonds is 6. The van der Waals surface area contributed by atoms with Gasteiger partial charge in [0.25, 0.3) is 0 Å². The Hall–Kier alpha value is -0.860. The molecule has 0 fully saturated rings. The molecule has 0 aliphatic heterocycles. The summed E-state index contributed by atoms with van der Waals surface area (Å²) < 4.78 is 0. The van der Waals surface area contributed by atoms with Crippen molar-refractivity contribution in [2.45, 2.75) is 26.8 Å². The Morgan fingerprint density at radius 3 is 2.80 bits per heavy atom. The standard InChI is InChI=1S/C13H21NO/c1-3-12(10-15)8-14-9-13-6-4-5-11(2)7-13/h4-7,12,14-15H,3,8-10H2,1-2H3. The number of nitrogens with one attached hydrogen (secondary N) is 1. The topological polar surface area (TPSA) is 32.3 Å². The zero-order valence-corrected chi connectivity index (χ0v) is 9.66. The van der Waals surface area contributed by atoms with Crippen LogP contribution in [0, 0.1) is 12.8 Å². The van der Waals surface area contributed by atoms with E-state index >= 15 is 0 Å². The lowest BCUT2D eigenvalue weighted by Crippen LogP contribution is -2.24. The Morgan fingerprint density at radius 2 is 2.20 bits per heavy atom. The van der Waals surface area contributed by atoms with Crippen molar-refractivity contribution in [1.29, 1.82) is 0 Å². The Kier molecular flexibility index (Phi) is 5.37. The maximum atomic E-state index is 9.03. The maximum absolute atomic E-state index is 9.03. The zero-order valence-electron chi connectivity index (χ0n) is 9.66. The Labute approximate surface area is 92.3 Å². The molecule has 0 bridgehead atoms. The second-order valence-electron chi connectivity index (χ2n) is 4.08. The lowest BCUT2D eigenvalue weighted by molar-refractivity contribution is 0.218. The normalized spacial score (nSPS) is 12.7. The van der Waals surface area contributed by atoms with Crippen molar-refractivity contribution in [2.75, 3.05) is 13.2 Å². The minimum Gasteiger partial charge on any atom is -0.396 e. The van der Waals surface area contributed by atoms with Crippen LogP contribution in [0.5, 0.6) is 0 Å². The molecule has 0 aliphatic carbocycles. The second kappa shape index (κ2) is 6.59. The van der Waals surface area contributed by atoms with Crippen molar-refractivity contribution in [1.82, 2.24) is 5.32 Å². The average Bonchev–Trinajstić information content (AvgIpc) is 2.25. The molecule has 0 aromatic heterocycles. The molecule has 0 spiro atoms. The molecule has 2 heteroatoms. The third kappa shape index (κ3) is 4.45. The van der Waals surface area contributed by atoms with Gasteiger partial charge in [-0.1, -0.05) is 36.8 Å². The molecule has 84 valence electrons. The first-order valence-corrected chi connectivity index (χ1v) is 5.63. The van der Waals surface area contributed by atoms with E-state index in [1.807, 2.05) is 0 Å². The molecule has 2 nitrogen and oxygen atoms in total. The van der Waals surface area contributed by atoms with Gasteiger partial charge in [0.15, 0.2) is 0 Å². The number of benzene rings is 1. The van der Waals surface area contributed by atoms with Crippen LogP contribution in [0.1, 0.15) is 24.5 Å². The van der Waals surface area contributed by atoms with Crippen LogP contribution in [0.2, 0.25) is 0 Å². The van der Waals surface area contributed by atoms with Crippen LogP contribution in [0.15, 0.2) is 24.3 Å². The summed E-state index contributed by atoms with van der Waals surface area (Å²) in [5.74, 6) is 0.384. The summed E-state index contributed by atoms with van der Waals surface area (Å²) >= 11 is 0. The first-order chi connectivity index (χ1) is 7.26. The highest BCUT2D eigenvalue weighted by molar-refractivity contribution is 5.21. The van der Waals surface area contributed by atoms with E-state index in [2.05, 4.69) is 43.4 Å². The summed E-state index contributed by atoms with van der Waals surface area (Å²) in [5, 5.41) is 12.4. The average molecular weight is 207 g/mol. The molecule has 1 aromatic rings. The van der Waals surface area contributed by atoms with E-state index in [1.165, 1.54) is 11.1 Å². The third-order valence-electron chi connectivity index (χ3n) is 2.68. The van der Waals surface area contributed by atoms with Gasteiger partial charge in [-0.15, -0.1) is 0 Å². The predicted molar refractivity (Wildman–Crippen MR) is 63.8 cm³/mol. The van der Waals surface area contributed by atoms with Gasteiger partial charge in [-0.25, -0.2) is 0 Å². The smallest absolute Gasteiger partial charge is 0.0471 e. The zero-order chi connectivity index (χ0) is 11.1. The largest absolute Gasteiger partial charge is 0.396 e. The predicted octanol–water partition coefficient (Wildman–Crippen LogP) is 2.10. The first-order valence-electron chi connectivity index (χ1n) is 5.63. The van der Waals surface area contributed by atoms with Gasteiger partial charge in [0.2, 0.25) is 0 Å². The summed E-state index contributed by atoms with van der Waals surface area (Å²) in [6.45, 7) is 6.26. The van der Waals surface area contributed by atoms with Gasteiger partial charge in [0, 0.05) is 19.7 Å². The van der Waals surface area contributed by atoms with Crippen LogP contribution in [-0.2, 0) is 6.54 Å². The summed E-state index contributed by atoms with van der Waals surface area (Å²) in [5.41, 5.74) is 2.60. The maximum Gasteiger partial charge on any atom is 0.0471 e. The highest BCUT2D eigenvalue weighted by atomic mass is 16.3. The fourth-order valence-corrected chi connectivity index (χ4v) is 1.58. The van der Waals surface area contributed by atoms with Crippen LogP contribution in [0.25, 0.3) is 0 Å². The van der Waals surface area contributed by atoms with E-state index in [0.717, 1.165) is 19.5 Å². The highest BCUT2D eigenvalue weighted by Gasteiger charge is 2.03. The van der Waals surface area contributed by atoms with Crippen LogP contribution < -0.4 is 5.32 Å². The van der Waals surface area contributed by atoms with Gasteiger partial charge in [-0.2, -0.15) is 0 Å². The second-order valence-corrected chi connectivity index (χ2v) is 4.08. The number of aliphatic hydroxyl groups excluding tert-OH is 1. The molecule has 0 heterocycles. The van der Waals surface area contributed by atoms with Crippen molar-refractivity contribution >= 4 is 0 Å². The molecule has 1 rings (SSSR count). The lowest BCUT2D eigenvalue weighted by Gasteiger charge is -2.12. The molecule has 0 aliphatic rings.